The first-order valence-electron chi connectivity index (χ1n) is 18.7. The van der Waals surface area contributed by atoms with E-state index in [1.807, 2.05) is 50.8 Å². The summed E-state index contributed by atoms with van der Waals surface area (Å²) >= 11 is 0. The van der Waals surface area contributed by atoms with Crippen LogP contribution in [0.25, 0.3) is 16.8 Å². The van der Waals surface area contributed by atoms with Crippen molar-refractivity contribution in [2.45, 2.75) is 83.6 Å². The van der Waals surface area contributed by atoms with Crippen LogP contribution in [0.5, 0.6) is 11.5 Å². The highest BCUT2D eigenvalue weighted by Crippen LogP contribution is 2.40. The van der Waals surface area contributed by atoms with Crippen molar-refractivity contribution in [2.75, 3.05) is 26.8 Å². The predicted molar refractivity (Wildman–Crippen MR) is 197 cm³/mol. The third-order valence-electron chi connectivity index (χ3n) is 10.8. The van der Waals surface area contributed by atoms with Gasteiger partial charge in [0.05, 0.1) is 61.5 Å². The van der Waals surface area contributed by atoms with Gasteiger partial charge in [-0.2, -0.15) is 0 Å². The van der Waals surface area contributed by atoms with Crippen molar-refractivity contribution in [2.24, 2.45) is 23.5 Å². The molecule has 2 unspecified atom stereocenters. The van der Waals surface area contributed by atoms with Gasteiger partial charge in [0.1, 0.15) is 23.8 Å². The molecule has 5 heterocycles. The Morgan fingerprint density at radius 3 is 2.25 bits per heavy atom. The Labute approximate surface area is 309 Å². The number of carbonyl (C=O) groups excluding carboxylic acids is 3. The van der Waals surface area contributed by atoms with Crippen molar-refractivity contribution < 1.29 is 28.6 Å². The van der Waals surface area contributed by atoms with Crippen LogP contribution in [-0.4, -0.2) is 92.6 Å². The summed E-state index contributed by atoms with van der Waals surface area (Å²) in [7, 11) is 1.29. The third-order valence-corrected chi connectivity index (χ3v) is 10.8. The number of carbonyl (C=O) groups is 3. The molecule has 282 valence electrons. The maximum absolute atomic E-state index is 13.6. The summed E-state index contributed by atoms with van der Waals surface area (Å²) in [6.07, 6.45) is 12.3. The van der Waals surface area contributed by atoms with Gasteiger partial charge in [0.25, 0.3) is 0 Å². The summed E-state index contributed by atoms with van der Waals surface area (Å²) in [5, 5.41) is 2.70. The minimum atomic E-state index is -0.696. The molecule has 53 heavy (non-hydrogen) atoms. The number of hydrogen-bond donors (Lipinski definition) is 4. The maximum Gasteiger partial charge on any atom is 0.407 e. The minimum absolute atomic E-state index is 0.00271. The molecule has 3 aromatic rings. The van der Waals surface area contributed by atoms with E-state index in [0.717, 1.165) is 54.0 Å². The predicted octanol–water partition coefficient (Wildman–Crippen LogP) is 4.90. The molecule has 2 fully saturated rings. The number of allylic oxidation sites excluding steroid dienone is 2. The van der Waals surface area contributed by atoms with Crippen LogP contribution in [0.4, 0.5) is 4.79 Å². The average molecular weight is 727 g/mol. The van der Waals surface area contributed by atoms with Crippen molar-refractivity contribution in [3.05, 3.63) is 66.2 Å². The molecule has 7 rings (SSSR count). The number of benzene rings is 1. The molecule has 3 aliphatic heterocycles. The zero-order valence-electron chi connectivity index (χ0n) is 31.0. The molecule has 4 aliphatic rings. The molecule has 5 N–H and O–H groups in total. The summed E-state index contributed by atoms with van der Waals surface area (Å²) < 4.78 is 17.6. The molecule has 6 atom stereocenters. The molecule has 1 aliphatic carbocycles. The summed E-state index contributed by atoms with van der Waals surface area (Å²) in [5.41, 5.74) is 9.72. The van der Waals surface area contributed by atoms with E-state index >= 15 is 0 Å². The molecule has 0 saturated carbocycles. The number of imidazole rings is 2. The lowest BCUT2D eigenvalue weighted by atomic mass is 9.93. The molecule has 14 nitrogen and oxygen atoms in total. The number of nitrogens with two attached hydrogens (primary N) is 1. The van der Waals surface area contributed by atoms with Gasteiger partial charge in [-0.1, -0.05) is 39.8 Å². The van der Waals surface area contributed by atoms with Gasteiger partial charge < -0.3 is 45.0 Å². The van der Waals surface area contributed by atoms with Crippen LogP contribution in [0.2, 0.25) is 0 Å². The van der Waals surface area contributed by atoms with Crippen LogP contribution in [-0.2, 0) is 14.3 Å². The third kappa shape index (κ3) is 7.28. The zero-order valence-corrected chi connectivity index (χ0v) is 31.0. The van der Waals surface area contributed by atoms with Crippen molar-refractivity contribution in [1.29, 1.82) is 0 Å². The lowest BCUT2D eigenvalue weighted by Gasteiger charge is -2.30. The quantitative estimate of drug-likeness (QED) is 0.239. The van der Waals surface area contributed by atoms with Crippen LogP contribution in [0.15, 0.2) is 48.8 Å². The number of methoxy groups -OCH3 is 1. The van der Waals surface area contributed by atoms with Crippen molar-refractivity contribution in [3.8, 4) is 22.8 Å². The fourth-order valence-corrected chi connectivity index (χ4v) is 7.65. The number of ether oxygens (including phenoxy) is 3. The van der Waals surface area contributed by atoms with Gasteiger partial charge in [-0.05, 0) is 67.4 Å². The molecule has 3 amide bonds. The molecular formula is C39H50N8O6. The molecule has 0 spiro atoms. The number of aromatic amines is 2. The summed E-state index contributed by atoms with van der Waals surface area (Å²) in [5.74, 6) is 2.53. The van der Waals surface area contributed by atoms with Gasteiger partial charge in [-0.3, -0.25) is 9.59 Å². The number of H-pyrrole nitrogens is 2. The SMILES string of the molecule is COC(=O)N[C@H](C(=O)N1CCC[C@H]1c1ncc(C2=CC3Oc4ccc(-c5cnc([C@@H]6CCCN6C(=O)[C@@H](N)C(C)C)[nH]5)cc4OCC3C=C2)[nH]1)C(C)C. The number of nitrogens with one attached hydrogen (secondary N) is 3. The van der Waals surface area contributed by atoms with Crippen molar-refractivity contribution in [1.82, 2.24) is 35.1 Å². The van der Waals surface area contributed by atoms with Gasteiger partial charge in [-0.25, -0.2) is 14.8 Å². The topological polar surface area (TPSA) is 181 Å². The molecule has 14 heteroatoms. The second-order valence-electron chi connectivity index (χ2n) is 15.1. The van der Waals surface area contributed by atoms with E-state index in [-0.39, 0.29) is 47.8 Å². The maximum atomic E-state index is 13.6. The van der Waals surface area contributed by atoms with Crippen LogP contribution >= 0.6 is 0 Å². The normalized spacial score (nSPS) is 23.4. The van der Waals surface area contributed by atoms with Crippen LogP contribution < -0.4 is 20.5 Å². The molecular weight excluding hydrogens is 676 g/mol. The number of alkyl carbamates (subject to hydrolysis) is 1. The number of fused-ring (bicyclic) bond motifs is 2. The Hall–Kier alpha value is -5.11. The molecule has 1 aromatic carbocycles. The highest BCUT2D eigenvalue weighted by Gasteiger charge is 2.38. The number of hydrogen-bond acceptors (Lipinski definition) is 9. The number of aromatic nitrogens is 4. The van der Waals surface area contributed by atoms with Gasteiger partial charge >= 0.3 is 6.09 Å². The zero-order chi connectivity index (χ0) is 37.4. The van der Waals surface area contributed by atoms with E-state index in [1.54, 1.807) is 17.3 Å². The summed E-state index contributed by atoms with van der Waals surface area (Å²) in [6, 6.07) is 4.28. The second-order valence-corrected chi connectivity index (χ2v) is 15.1. The number of amides is 3. The average Bonchev–Trinajstić information content (AvgIpc) is 3.98. The number of rotatable bonds is 9. The monoisotopic (exact) mass is 726 g/mol. The van der Waals surface area contributed by atoms with E-state index < -0.39 is 18.2 Å². The Morgan fingerprint density at radius 2 is 1.58 bits per heavy atom. The van der Waals surface area contributed by atoms with Crippen molar-refractivity contribution >= 4 is 23.5 Å². The van der Waals surface area contributed by atoms with Gasteiger partial charge in [0.15, 0.2) is 11.5 Å². The standard InChI is InChI=1S/C39H50N8O6/c1-21(2)33(40)37(48)46-14-6-8-28(46)35-41-19-27(44-35)24-12-13-30-32(17-24)52-20-25-11-10-23(16-31(25)53-30)26-18-42-36(43-26)29-9-7-15-47(29)38(49)34(22(3)4)45-39(50)51-5/h10-13,16-19,21-22,25,28-29,31,33-34H,6-9,14-15,20,40H2,1-5H3,(H,41,44)(H,42,43)(H,45,50)/t25?,28-,29-,31?,33-,34-/m0/s1. The first-order valence-corrected chi connectivity index (χ1v) is 18.7. The Morgan fingerprint density at radius 1 is 0.925 bits per heavy atom. The lowest BCUT2D eigenvalue weighted by molar-refractivity contribution is -0.136. The van der Waals surface area contributed by atoms with Crippen LogP contribution in [0, 0.1) is 17.8 Å². The Bertz CT molecular complexity index is 1900. The fourth-order valence-electron chi connectivity index (χ4n) is 7.65. The fraction of sp³-hybridized carbons (Fsp3) is 0.513. The highest BCUT2D eigenvalue weighted by molar-refractivity contribution is 5.86. The number of nitrogens with zero attached hydrogens (tertiary/aromatic N) is 4. The molecule has 2 aromatic heterocycles. The van der Waals surface area contributed by atoms with Gasteiger partial charge in [0.2, 0.25) is 11.8 Å². The molecule has 2 saturated heterocycles. The smallest absolute Gasteiger partial charge is 0.407 e. The number of likely N-dealkylation sites (tertiary alicyclic amines) is 2. The van der Waals surface area contributed by atoms with Crippen LogP contribution in [0.1, 0.15) is 82.8 Å². The summed E-state index contributed by atoms with van der Waals surface area (Å²) in [4.78, 5) is 58.6. The minimum Gasteiger partial charge on any atom is -0.489 e. The molecule has 0 radical (unpaired) electrons. The van der Waals surface area contributed by atoms with E-state index in [2.05, 4.69) is 38.5 Å². The second kappa shape index (κ2) is 15.1. The lowest BCUT2D eigenvalue weighted by Crippen LogP contribution is -2.51. The van der Waals surface area contributed by atoms with E-state index in [9.17, 15) is 14.4 Å². The van der Waals surface area contributed by atoms with Gasteiger partial charge in [-0.15, -0.1) is 0 Å². The van der Waals surface area contributed by atoms with Crippen LogP contribution in [0.3, 0.4) is 0 Å². The largest absolute Gasteiger partial charge is 0.489 e. The van der Waals surface area contributed by atoms with Gasteiger partial charge in [0, 0.05) is 18.7 Å². The first-order chi connectivity index (χ1) is 25.5. The Kier molecular flexibility index (Phi) is 10.3. The van der Waals surface area contributed by atoms with E-state index in [0.29, 0.717) is 37.0 Å². The van der Waals surface area contributed by atoms with E-state index in [1.165, 1.54) is 7.11 Å². The van der Waals surface area contributed by atoms with Crippen molar-refractivity contribution in [3.63, 3.8) is 0 Å². The summed E-state index contributed by atoms with van der Waals surface area (Å²) in [6.45, 7) is 9.43. The van der Waals surface area contributed by atoms with E-state index in [4.69, 9.17) is 24.9 Å². The highest BCUT2D eigenvalue weighted by atomic mass is 16.5. The molecule has 0 bridgehead atoms. The first kappa shape index (κ1) is 36.3. The Balaban J connectivity index is 1.04.